The van der Waals surface area contributed by atoms with Crippen LogP contribution in [0.4, 0.5) is 11.6 Å². The number of carbonyl (C=O) groups is 1. The standard InChI is InChI=1S/C29H29N5O2S/c1-4-36-24-15-13-22(14-16-24)26-25(27(35)31-23-12-8-9-19(2)17-23)20(3)30-28-32-29(33-34(26)28)37-18-21-10-6-5-7-11-21/h5-17,26H,4,18H2,1-3H3,(H,31,35)(H,30,32,33). The molecule has 1 atom stereocenters. The van der Waals surface area contributed by atoms with Gasteiger partial charge in [-0.1, -0.05) is 66.4 Å². The Morgan fingerprint density at radius 3 is 2.57 bits per heavy atom. The molecule has 0 bridgehead atoms. The molecule has 37 heavy (non-hydrogen) atoms. The van der Waals surface area contributed by atoms with Crippen molar-refractivity contribution in [2.75, 3.05) is 17.2 Å². The second-order valence-electron chi connectivity index (χ2n) is 8.83. The Morgan fingerprint density at radius 1 is 1.05 bits per heavy atom. The number of hydrogen-bond acceptors (Lipinski definition) is 6. The minimum Gasteiger partial charge on any atom is -0.494 e. The van der Waals surface area contributed by atoms with E-state index in [1.165, 1.54) is 5.56 Å². The van der Waals surface area contributed by atoms with Gasteiger partial charge in [0.15, 0.2) is 0 Å². The number of nitrogens with zero attached hydrogens (tertiary/aromatic N) is 3. The first kappa shape index (κ1) is 24.6. The zero-order valence-electron chi connectivity index (χ0n) is 21.1. The summed E-state index contributed by atoms with van der Waals surface area (Å²) in [4.78, 5) is 18.4. The lowest BCUT2D eigenvalue weighted by atomic mass is 9.95. The first-order valence-corrected chi connectivity index (χ1v) is 13.2. The van der Waals surface area contributed by atoms with E-state index in [1.54, 1.807) is 16.4 Å². The number of allylic oxidation sites excluding steroid dienone is 1. The molecule has 1 aliphatic heterocycles. The Kier molecular flexibility index (Phi) is 7.28. The summed E-state index contributed by atoms with van der Waals surface area (Å²) >= 11 is 1.57. The second kappa shape index (κ2) is 10.9. The van der Waals surface area contributed by atoms with Crippen molar-refractivity contribution >= 4 is 29.3 Å². The zero-order valence-corrected chi connectivity index (χ0v) is 21.9. The molecular formula is C29H29N5O2S. The monoisotopic (exact) mass is 511 g/mol. The predicted octanol–water partition coefficient (Wildman–Crippen LogP) is 6.21. The van der Waals surface area contributed by atoms with Crippen LogP contribution in [0.2, 0.25) is 0 Å². The highest BCUT2D eigenvalue weighted by Gasteiger charge is 2.34. The molecular weight excluding hydrogens is 482 g/mol. The summed E-state index contributed by atoms with van der Waals surface area (Å²) in [7, 11) is 0. The van der Waals surface area contributed by atoms with E-state index in [-0.39, 0.29) is 5.91 Å². The molecule has 0 aliphatic carbocycles. The van der Waals surface area contributed by atoms with Crippen LogP contribution in [0, 0.1) is 6.92 Å². The van der Waals surface area contributed by atoms with Crippen LogP contribution in [0.15, 0.2) is 95.3 Å². The van der Waals surface area contributed by atoms with Crippen LogP contribution in [0.25, 0.3) is 0 Å². The van der Waals surface area contributed by atoms with Gasteiger partial charge in [-0.25, -0.2) is 4.68 Å². The number of hydrogen-bond donors (Lipinski definition) is 2. The van der Waals surface area contributed by atoms with E-state index in [0.29, 0.717) is 23.3 Å². The lowest BCUT2D eigenvalue weighted by Gasteiger charge is -2.28. The van der Waals surface area contributed by atoms with Crippen molar-refractivity contribution in [3.8, 4) is 5.75 Å². The van der Waals surface area contributed by atoms with Gasteiger partial charge in [0.25, 0.3) is 5.91 Å². The molecule has 1 amide bonds. The van der Waals surface area contributed by atoms with Crippen molar-refractivity contribution in [3.05, 3.63) is 107 Å². The number of carbonyl (C=O) groups excluding carboxylic acids is 1. The number of nitrogens with one attached hydrogen (secondary N) is 2. The number of ether oxygens (including phenoxy) is 1. The Labute approximate surface area is 221 Å². The molecule has 0 radical (unpaired) electrons. The van der Waals surface area contributed by atoms with Gasteiger partial charge in [0, 0.05) is 17.1 Å². The highest BCUT2D eigenvalue weighted by Crippen LogP contribution is 2.37. The lowest BCUT2D eigenvalue weighted by molar-refractivity contribution is -0.113. The first-order chi connectivity index (χ1) is 18.0. The number of rotatable bonds is 8. The van der Waals surface area contributed by atoms with Crippen LogP contribution in [-0.4, -0.2) is 27.3 Å². The molecule has 2 heterocycles. The minimum atomic E-state index is -0.449. The van der Waals surface area contributed by atoms with Crippen LogP contribution >= 0.6 is 11.8 Å². The van der Waals surface area contributed by atoms with Crippen LogP contribution in [0.1, 0.15) is 36.6 Å². The predicted molar refractivity (Wildman–Crippen MR) is 148 cm³/mol. The van der Waals surface area contributed by atoms with E-state index >= 15 is 0 Å². The SMILES string of the molecule is CCOc1ccc(C2C(C(=O)Nc3cccc(C)c3)=C(C)Nc3nc(SCc4ccccc4)nn32)cc1. The fourth-order valence-electron chi connectivity index (χ4n) is 4.35. The number of thioether (sulfide) groups is 1. The van der Waals surface area contributed by atoms with Gasteiger partial charge in [0.2, 0.25) is 11.1 Å². The van der Waals surface area contributed by atoms with Gasteiger partial charge >= 0.3 is 0 Å². The van der Waals surface area contributed by atoms with E-state index in [4.69, 9.17) is 14.8 Å². The Hall–Kier alpha value is -4.04. The highest BCUT2D eigenvalue weighted by molar-refractivity contribution is 7.98. The van der Waals surface area contributed by atoms with E-state index in [9.17, 15) is 4.79 Å². The average Bonchev–Trinajstić information content (AvgIpc) is 3.30. The maximum Gasteiger partial charge on any atom is 0.255 e. The molecule has 8 heteroatoms. The van der Waals surface area contributed by atoms with Gasteiger partial charge in [-0.2, -0.15) is 4.98 Å². The van der Waals surface area contributed by atoms with Crippen molar-refractivity contribution < 1.29 is 9.53 Å². The largest absolute Gasteiger partial charge is 0.494 e. The normalized spacial score (nSPS) is 14.6. The number of benzene rings is 3. The molecule has 0 spiro atoms. The number of aryl methyl sites for hydroxylation is 1. The van der Waals surface area contributed by atoms with Crippen molar-refractivity contribution in [3.63, 3.8) is 0 Å². The molecule has 5 rings (SSSR count). The van der Waals surface area contributed by atoms with Gasteiger partial charge in [-0.3, -0.25) is 4.79 Å². The van der Waals surface area contributed by atoms with Crippen molar-refractivity contribution in [2.24, 2.45) is 0 Å². The van der Waals surface area contributed by atoms with E-state index in [2.05, 4.69) is 22.8 Å². The first-order valence-electron chi connectivity index (χ1n) is 12.2. The second-order valence-corrected chi connectivity index (χ2v) is 9.77. The molecule has 4 aromatic rings. The van der Waals surface area contributed by atoms with Gasteiger partial charge in [-0.15, -0.1) is 5.10 Å². The Balaban J connectivity index is 1.49. The van der Waals surface area contributed by atoms with Gasteiger partial charge in [-0.05, 0) is 61.7 Å². The van der Waals surface area contributed by atoms with Crippen LogP contribution in [0.3, 0.4) is 0 Å². The molecule has 1 aromatic heterocycles. The molecule has 0 fully saturated rings. The van der Waals surface area contributed by atoms with Gasteiger partial charge in [0.1, 0.15) is 11.8 Å². The summed E-state index contributed by atoms with van der Waals surface area (Å²) in [5, 5.41) is 11.9. The number of amides is 1. The molecule has 7 nitrogen and oxygen atoms in total. The quantitative estimate of drug-likeness (QED) is 0.274. The summed E-state index contributed by atoms with van der Waals surface area (Å²) in [6.45, 7) is 6.45. The summed E-state index contributed by atoms with van der Waals surface area (Å²) in [5.74, 6) is 1.96. The highest BCUT2D eigenvalue weighted by atomic mass is 32.2. The number of fused-ring (bicyclic) bond motifs is 1. The summed E-state index contributed by atoms with van der Waals surface area (Å²) in [6.07, 6.45) is 0. The topological polar surface area (TPSA) is 81.1 Å². The fourth-order valence-corrected chi connectivity index (χ4v) is 5.14. The van der Waals surface area contributed by atoms with Crippen molar-refractivity contribution in [1.82, 2.24) is 14.8 Å². The lowest BCUT2D eigenvalue weighted by Crippen LogP contribution is -2.31. The number of anilines is 2. The number of aromatic nitrogens is 3. The van der Waals surface area contributed by atoms with E-state index in [0.717, 1.165) is 34.0 Å². The Bertz CT molecular complexity index is 1430. The van der Waals surface area contributed by atoms with Gasteiger partial charge < -0.3 is 15.4 Å². The zero-order chi connectivity index (χ0) is 25.8. The molecule has 1 aliphatic rings. The van der Waals surface area contributed by atoms with Gasteiger partial charge in [0.05, 0.1) is 12.2 Å². The molecule has 0 saturated heterocycles. The maximum absolute atomic E-state index is 13.7. The fraction of sp³-hybridized carbons (Fsp3) is 0.207. The smallest absolute Gasteiger partial charge is 0.255 e. The van der Waals surface area contributed by atoms with Crippen molar-refractivity contribution in [1.29, 1.82) is 0 Å². The summed E-state index contributed by atoms with van der Waals surface area (Å²) < 4.78 is 7.45. The molecule has 0 saturated carbocycles. The van der Waals surface area contributed by atoms with Crippen molar-refractivity contribution in [2.45, 2.75) is 37.7 Å². The molecule has 188 valence electrons. The molecule has 2 N–H and O–H groups in total. The maximum atomic E-state index is 13.7. The Morgan fingerprint density at radius 2 is 1.84 bits per heavy atom. The van der Waals surface area contributed by atoms with Crippen LogP contribution in [0.5, 0.6) is 5.75 Å². The van der Waals surface area contributed by atoms with E-state index < -0.39 is 6.04 Å². The minimum absolute atomic E-state index is 0.186. The molecule has 1 unspecified atom stereocenters. The third kappa shape index (κ3) is 5.54. The summed E-state index contributed by atoms with van der Waals surface area (Å²) in [5.41, 5.74) is 5.27. The summed E-state index contributed by atoms with van der Waals surface area (Å²) in [6, 6.07) is 25.4. The average molecular weight is 512 g/mol. The van der Waals surface area contributed by atoms with E-state index in [1.807, 2.05) is 87.5 Å². The van der Waals surface area contributed by atoms with Crippen LogP contribution < -0.4 is 15.4 Å². The van der Waals surface area contributed by atoms with Crippen LogP contribution in [-0.2, 0) is 10.5 Å². The third-order valence-corrected chi connectivity index (χ3v) is 6.98. The molecule has 3 aromatic carbocycles. The third-order valence-electron chi connectivity index (χ3n) is 6.07.